The molecule has 0 saturated carbocycles. The van der Waals surface area contributed by atoms with E-state index >= 15 is 0 Å². The van der Waals surface area contributed by atoms with Gasteiger partial charge in [-0.2, -0.15) is 0 Å². The lowest BCUT2D eigenvalue weighted by atomic mass is 9.82. The molecule has 0 radical (unpaired) electrons. The van der Waals surface area contributed by atoms with Gasteiger partial charge in [0, 0.05) is 13.0 Å². The molecule has 1 aromatic carbocycles. The second kappa shape index (κ2) is 5.79. The molecule has 22 heavy (non-hydrogen) atoms. The number of esters is 1. The Hall–Kier alpha value is -2.36. The van der Waals surface area contributed by atoms with Gasteiger partial charge in [-0.1, -0.05) is 42.5 Å². The van der Waals surface area contributed by atoms with Crippen LogP contribution in [-0.2, 0) is 9.53 Å². The standard InChI is InChI=1S/C18H20N2O2/c1-14-19-11-12-20(14)18(17(21)22-2)10-6-9-16(13-18)15-7-4-3-5-8-15/h3-10H,11-13H2,1-2H3. The van der Waals surface area contributed by atoms with E-state index in [-0.39, 0.29) is 5.97 Å². The Morgan fingerprint density at radius 1 is 1.32 bits per heavy atom. The van der Waals surface area contributed by atoms with Crippen LogP contribution in [0.4, 0.5) is 0 Å². The number of hydrogen-bond acceptors (Lipinski definition) is 4. The Morgan fingerprint density at radius 2 is 2.09 bits per heavy atom. The molecule has 0 fully saturated rings. The number of benzene rings is 1. The van der Waals surface area contributed by atoms with Crippen molar-refractivity contribution in [1.82, 2.24) is 4.90 Å². The van der Waals surface area contributed by atoms with Gasteiger partial charge in [-0.05, 0) is 24.1 Å². The molecule has 1 unspecified atom stereocenters. The van der Waals surface area contributed by atoms with Crippen molar-refractivity contribution in [3.05, 3.63) is 54.1 Å². The third-order valence-electron chi connectivity index (χ3n) is 4.35. The number of aliphatic imine (C=N–C) groups is 1. The van der Waals surface area contributed by atoms with Crippen molar-refractivity contribution >= 4 is 17.4 Å². The van der Waals surface area contributed by atoms with Crippen LogP contribution in [0.3, 0.4) is 0 Å². The van der Waals surface area contributed by atoms with E-state index in [1.807, 2.05) is 37.3 Å². The SMILES string of the molecule is COC(=O)C1(N2CCN=C2C)C=CC=C(c2ccccc2)C1. The van der Waals surface area contributed by atoms with Crippen molar-refractivity contribution in [3.63, 3.8) is 0 Å². The monoisotopic (exact) mass is 296 g/mol. The van der Waals surface area contributed by atoms with E-state index in [0.717, 1.165) is 30.1 Å². The molecule has 114 valence electrons. The molecule has 0 amide bonds. The van der Waals surface area contributed by atoms with Crippen molar-refractivity contribution in [2.45, 2.75) is 18.9 Å². The summed E-state index contributed by atoms with van der Waals surface area (Å²) >= 11 is 0. The molecule has 0 aromatic heterocycles. The zero-order valence-electron chi connectivity index (χ0n) is 13.0. The van der Waals surface area contributed by atoms with E-state index < -0.39 is 5.54 Å². The molecule has 4 nitrogen and oxygen atoms in total. The van der Waals surface area contributed by atoms with Crippen molar-refractivity contribution in [2.75, 3.05) is 20.2 Å². The largest absolute Gasteiger partial charge is 0.467 e. The van der Waals surface area contributed by atoms with Crippen LogP contribution < -0.4 is 0 Å². The first kappa shape index (κ1) is 14.6. The fourth-order valence-corrected chi connectivity index (χ4v) is 3.24. The fourth-order valence-electron chi connectivity index (χ4n) is 3.24. The van der Waals surface area contributed by atoms with E-state index in [2.05, 4.69) is 28.1 Å². The Balaban J connectivity index is 1.99. The van der Waals surface area contributed by atoms with Gasteiger partial charge in [0.25, 0.3) is 0 Å². The summed E-state index contributed by atoms with van der Waals surface area (Å²) in [4.78, 5) is 19.1. The van der Waals surface area contributed by atoms with Crippen LogP contribution in [0.25, 0.3) is 5.57 Å². The van der Waals surface area contributed by atoms with Crippen LogP contribution in [-0.4, -0.2) is 42.4 Å². The minimum absolute atomic E-state index is 0.235. The van der Waals surface area contributed by atoms with Gasteiger partial charge in [0.1, 0.15) is 0 Å². The average Bonchev–Trinajstić information content (AvgIpc) is 3.01. The quantitative estimate of drug-likeness (QED) is 0.805. The number of hydrogen-bond donors (Lipinski definition) is 0. The third kappa shape index (κ3) is 2.34. The maximum atomic E-state index is 12.6. The molecule has 1 aromatic rings. The predicted molar refractivity (Wildman–Crippen MR) is 87.6 cm³/mol. The van der Waals surface area contributed by atoms with Crippen LogP contribution >= 0.6 is 0 Å². The highest BCUT2D eigenvalue weighted by atomic mass is 16.5. The molecule has 0 saturated heterocycles. The third-order valence-corrected chi connectivity index (χ3v) is 4.35. The number of methoxy groups -OCH3 is 1. The number of carbonyl (C=O) groups excluding carboxylic acids is 1. The van der Waals surface area contributed by atoms with Crippen LogP contribution in [0.1, 0.15) is 18.9 Å². The Kier molecular flexibility index (Phi) is 3.84. The normalized spacial score (nSPS) is 24.0. The maximum absolute atomic E-state index is 12.6. The smallest absolute Gasteiger partial charge is 0.336 e. The van der Waals surface area contributed by atoms with Crippen molar-refractivity contribution in [3.8, 4) is 0 Å². The average molecular weight is 296 g/mol. The zero-order valence-corrected chi connectivity index (χ0v) is 13.0. The first-order valence-electron chi connectivity index (χ1n) is 7.48. The fraction of sp³-hybridized carbons (Fsp3) is 0.333. The number of rotatable bonds is 3. The Morgan fingerprint density at radius 3 is 2.73 bits per heavy atom. The molecule has 1 heterocycles. The van der Waals surface area contributed by atoms with Gasteiger partial charge >= 0.3 is 5.97 Å². The van der Waals surface area contributed by atoms with E-state index in [1.54, 1.807) is 0 Å². The molecule has 0 N–H and O–H groups in total. The Labute approximate surface area is 130 Å². The van der Waals surface area contributed by atoms with Crippen molar-refractivity contribution in [1.29, 1.82) is 0 Å². The molecule has 4 heteroatoms. The van der Waals surface area contributed by atoms with Gasteiger partial charge in [-0.15, -0.1) is 0 Å². The first-order chi connectivity index (χ1) is 10.7. The molecule has 1 atom stereocenters. The van der Waals surface area contributed by atoms with Gasteiger partial charge in [-0.25, -0.2) is 4.79 Å². The summed E-state index contributed by atoms with van der Waals surface area (Å²) in [6.07, 6.45) is 6.55. The second-order valence-electron chi connectivity index (χ2n) is 5.59. The lowest BCUT2D eigenvalue weighted by molar-refractivity contribution is -0.149. The molecule has 3 rings (SSSR count). The van der Waals surface area contributed by atoms with Crippen molar-refractivity contribution in [2.24, 2.45) is 4.99 Å². The predicted octanol–water partition coefficient (Wildman–Crippen LogP) is 2.68. The molecule has 0 bridgehead atoms. The summed E-state index contributed by atoms with van der Waals surface area (Å²) < 4.78 is 5.12. The van der Waals surface area contributed by atoms with E-state index in [4.69, 9.17) is 4.74 Å². The molecule has 0 spiro atoms. The molecular weight excluding hydrogens is 276 g/mol. The highest BCUT2D eigenvalue weighted by Gasteiger charge is 2.46. The minimum Gasteiger partial charge on any atom is -0.467 e. The van der Waals surface area contributed by atoms with Crippen molar-refractivity contribution < 1.29 is 9.53 Å². The summed E-state index contributed by atoms with van der Waals surface area (Å²) in [5, 5.41) is 0. The zero-order chi connectivity index (χ0) is 15.6. The summed E-state index contributed by atoms with van der Waals surface area (Å²) in [6, 6.07) is 10.2. The summed E-state index contributed by atoms with van der Waals surface area (Å²) in [5.74, 6) is 0.658. The highest BCUT2D eigenvalue weighted by molar-refractivity contribution is 5.94. The maximum Gasteiger partial charge on any atom is 0.336 e. The highest BCUT2D eigenvalue weighted by Crippen LogP contribution is 2.36. The van der Waals surface area contributed by atoms with E-state index in [9.17, 15) is 4.79 Å². The van der Waals surface area contributed by atoms with Crippen LogP contribution in [0.5, 0.6) is 0 Å². The van der Waals surface area contributed by atoms with Crippen LogP contribution in [0.15, 0.2) is 53.6 Å². The molecule has 1 aliphatic carbocycles. The molecular formula is C18H20N2O2. The van der Waals surface area contributed by atoms with E-state index in [1.165, 1.54) is 7.11 Å². The number of allylic oxidation sites excluding steroid dienone is 2. The number of ether oxygens (including phenoxy) is 1. The minimum atomic E-state index is -0.793. The first-order valence-corrected chi connectivity index (χ1v) is 7.48. The second-order valence-corrected chi connectivity index (χ2v) is 5.59. The summed E-state index contributed by atoms with van der Waals surface area (Å²) in [7, 11) is 1.45. The topological polar surface area (TPSA) is 41.9 Å². The lowest BCUT2D eigenvalue weighted by Gasteiger charge is -2.40. The van der Waals surface area contributed by atoms with Gasteiger partial charge in [0.15, 0.2) is 5.54 Å². The number of carbonyl (C=O) groups is 1. The number of nitrogens with zero attached hydrogens (tertiary/aromatic N) is 2. The summed E-state index contributed by atoms with van der Waals surface area (Å²) in [6.45, 7) is 3.42. The molecule has 1 aliphatic heterocycles. The van der Waals surface area contributed by atoms with Gasteiger partial charge < -0.3 is 9.64 Å². The summed E-state index contributed by atoms with van der Waals surface area (Å²) in [5.41, 5.74) is 1.47. The molecule has 2 aliphatic rings. The number of amidine groups is 1. The van der Waals surface area contributed by atoms with Crippen LogP contribution in [0.2, 0.25) is 0 Å². The lowest BCUT2D eigenvalue weighted by Crippen LogP contribution is -2.55. The van der Waals surface area contributed by atoms with Crippen LogP contribution in [0, 0.1) is 0 Å². The van der Waals surface area contributed by atoms with Gasteiger partial charge in [-0.3, -0.25) is 4.99 Å². The van der Waals surface area contributed by atoms with Gasteiger partial charge in [0.2, 0.25) is 0 Å². The Bertz CT molecular complexity index is 661. The van der Waals surface area contributed by atoms with E-state index in [0.29, 0.717) is 6.42 Å². The van der Waals surface area contributed by atoms with Gasteiger partial charge in [0.05, 0.1) is 19.5 Å².